The molecule has 3 aromatic carbocycles. The van der Waals surface area contributed by atoms with E-state index in [1.54, 1.807) is 19.1 Å². The van der Waals surface area contributed by atoms with Gasteiger partial charge in [0.05, 0.1) is 25.3 Å². The molecule has 158 valence electrons. The lowest BCUT2D eigenvalue weighted by atomic mass is 10.2. The molecule has 4 aromatic rings. The average molecular weight is 415 g/mol. The third-order valence-electron chi connectivity index (χ3n) is 5.27. The third-order valence-corrected chi connectivity index (χ3v) is 5.27. The number of likely N-dealkylation sites (N-methyl/N-ethyl adjacent to an activating group) is 1. The highest BCUT2D eigenvalue weighted by molar-refractivity contribution is 5.94. The molecular formula is C25H25N3O3. The largest absolute Gasteiger partial charge is 0.493 e. The van der Waals surface area contributed by atoms with Crippen LogP contribution in [0.4, 0.5) is 5.69 Å². The number of aromatic nitrogens is 2. The summed E-state index contributed by atoms with van der Waals surface area (Å²) in [7, 11) is 3.21. The van der Waals surface area contributed by atoms with Crippen molar-refractivity contribution in [3.05, 3.63) is 72.8 Å². The zero-order valence-electron chi connectivity index (χ0n) is 17.9. The number of imidazole rings is 1. The summed E-state index contributed by atoms with van der Waals surface area (Å²) in [5.74, 6) is 1.97. The van der Waals surface area contributed by atoms with Crippen LogP contribution in [0.3, 0.4) is 0 Å². The number of amides is 1. The second kappa shape index (κ2) is 8.92. The zero-order chi connectivity index (χ0) is 21.8. The van der Waals surface area contributed by atoms with Crippen LogP contribution in [0, 0.1) is 0 Å². The van der Waals surface area contributed by atoms with Gasteiger partial charge in [-0.1, -0.05) is 30.3 Å². The summed E-state index contributed by atoms with van der Waals surface area (Å²) in [6.07, 6.45) is 0. The minimum atomic E-state index is -0.00132. The number of fused-ring (bicyclic) bond motifs is 1. The standard InChI is InChI=1S/C25H25N3O3/c1-4-27(19-10-6-5-7-11-19)24(29)17-28-21-13-9-8-12-20(21)26-25(28)18-14-15-22(30-2)23(16-18)31-3/h5-16H,4,17H2,1-3H3. The summed E-state index contributed by atoms with van der Waals surface area (Å²) in [6, 6.07) is 23.2. The number of anilines is 1. The van der Waals surface area contributed by atoms with Gasteiger partial charge in [0, 0.05) is 17.8 Å². The average Bonchev–Trinajstić information content (AvgIpc) is 3.18. The first-order chi connectivity index (χ1) is 15.2. The number of rotatable bonds is 7. The van der Waals surface area contributed by atoms with E-state index in [0.29, 0.717) is 23.9 Å². The van der Waals surface area contributed by atoms with E-state index < -0.39 is 0 Å². The van der Waals surface area contributed by atoms with Crippen LogP contribution in [0.25, 0.3) is 22.4 Å². The number of para-hydroxylation sites is 3. The summed E-state index contributed by atoms with van der Waals surface area (Å²) in [5.41, 5.74) is 3.48. The van der Waals surface area contributed by atoms with Gasteiger partial charge < -0.3 is 18.9 Å². The number of nitrogens with zero attached hydrogens (tertiary/aromatic N) is 3. The minimum Gasteiger partial charge on any atom is -0.493 e. The maximum atomic E-state index is 13.3. The molecule has 0 atom stereocenters. The van der Waals surface area contributed by atoms with Gasteiger partial charge >= 0.3 is 0 Å². The quantitative estimate of drug-likeness (QED) is 0.436. The minimum absolute atomic E-state index is 0.00132. The van der Waals surface area contributed by atoms with Crippen molar-refractivity contribution in [3.8, 4) is 22.9 Å². The smallest absolute Gasteiger partial charge is 0.246 e. The summed E-state index contributed by atoms with van der Waals surface area (Å²) in [6.45, 7) is 2.74. The fourth-order valence-corrected chi connectivity index (χ4v) is 3.76. The Morgan fingerprint density at radius 2 is 1.65 bits per heavy atom. The Balaban J connectivity index is 1.78. The lowest BCUT2D eigenvalue weighted by molar-refractivity contribution is -0.119. The number of methoxy groups -OCH3 is 2. The number of carbonyl (C=O) groups excluding carboxylic acids is 1. The number of ether oxygens (including phenoxy) is 2. The van der Waals surface area contributed by atoms with E-state index in [1.165, 1.54) is 0 Å². The lowest BCUT2D eigenvalue weighted by Gasteiger charge is -2.22. The van der Waals surface area contributed by atoms with Gasteiger partial charge in [0.25, 0.3) is 0 Å². The molecule has 0 spiro atoms. The lowest BCUT2D eigenvalue weighted by Crippen LogP contribution is -2.33. The van der Waals surface area contributed by atoms with Gasteiger partial charge in [-0.05, 0) is 49.4 Å². The van der Waals surface area contributed by atoms with Crippen LogP contribution in [-0.2, 0) is 11.3 Å². The summed E-state index contributed by atoms with van der Waals surface area (Å²) in [5, 5.41) is 0. The molecule has 1 heterocycles. The molecule has 0 bridgehead atoms. The van der Waals surface area contributed by atoms with Gasteiger partial charge in [0.15, 0.2) is 11.5 Å². The Morgan fingerprint density at radius 3 is 2.35 bits per heavy atom. The second-order valence-corrected chi connectivity index (χ2v) is 7.05. The molecule has 0 aliphatic heterocycles. The Hall–Kier alpha value is -3.80. The Morgan fingerprint density at radius 1 is 0.935 bits per heavy atom. The Bertz CT molecular complexity index is 1200. The molecule has 0 aliphatic rings. The highest BCUT2D eigenvalue weighted by Gasteiger charge is 2.20. The number of hydrogen-bond acceptors (Lipinski definition) is 4. The molecule has 0 fully saturated rings. The van der Waals surface area contributed by atoms with E-state index in [9.17, 15) is 4.79 Å². The predicted octanol–water partition coefficient (Wildman–Crippen LogP) is 4.77. The van der Waals surface area contributed by atoms with E-state index in [-0.39, 0.29) is 12.5 Å². The molecule has 0 unspecified atom stereocenters. The normalized spacial score (nSPS) is 10.8. The van der Waals surface area contributed by atoms with Crippen molar-refractivity contribution >= 4 is 22.6 Å². The maximum Gasteiger partial charge on any atom is 0.246 e. The van der Waals surface area contributed by atoms with E-state index >= 15 is 0 Å². The molecule has 0 aliphatic carbocycles. The van der Waals surface area contributed by atoms with Crippen LogP contribution in [0.1, 0.15) is 6.92 Å². The molecule has 0 saturated heterocycles. The first kappa shape index (κ1) is 20.5. The van der Waals surface area contributed by atoms with Crippen LogP contribution < -0.4 is 14.4 Å². The number of benzene rings is 3. The first-order valence-electron chi connectivity index (χ1n) is 10.2. The molecule has 6 nitrogen and oxygen atoms in total. The van der Waals surface area contributed by atoms with Crippen LogP contribution >= 0.6 is 0 Å². The molecule has 4 rings (SSSR count). The van der Waals surface area contributed by atoms with Crippen LogP contribution in [-0.4, -0.2) is 36.2 Å². The molecular weight excluding hydrogens is 390 g/mol. The van der Waals surface area contributed by atoms with Crippen molar-refractivity contribution in [2.24, 2.45) is 0 Å². The molecule has 1 amide bonds. The van der Waals surface area contributed by atoms with Gasteiger partial charge in [-0.3, -0.25) is 4.79 Å². The number of carbonyl (C=O) groups is 1. The van der Waals surface area contributed by atoms with Gasteiger partial charge in [-0.15, -0.1) is 0 Å². The van der Waals surface area contributed by atoms with Gasteiger partial charge in [-0.25, -0.2) is 4.98 Å². The van der Waals surface area contributed by atoms with E-state index in [1.807, 2.05) is 84.3 Å². The monoisotopic (exact) mass is 415 g/mol. The van der Waals surface area contributed by atoms with Crippen LogP contribution in [0.2, 0.25) is 0 Å². The van der Waals surface area contributed by atoms with E-state index in [2.05, 4.69) is 0 Å². The predicted molar refractivity (Wildman–Crippen MR) is 123 cm³/mol. The van der Waals surface area contributed by atoms with E-state index in [0.717, 1.165) is 22.3 Å². The molecule has 1 aromatic heterocycles. The Kier molecular flexibility index (Phi) is 5.89. The topological polar surface area (TPSA) is 56.6 Å². The van der Waals surface area contributed by atoms with E-state index in [4.69, 9.17) is 14.5 Å². The Labute approximate surface area is 181 Å². The molecule has 0 radical (unpaired) electrons. The third kappa shape index (κ3) is 3.97. The fraction of sp³-hybridized carbons (Fsp3) is 0.200. The van der Waals surface area contributed by atoms with Crippen LogP contribution in [0.15, 0.2) is 72.8 Å². The fourth-order valence-electron chi connectivity index (χ4n) is 3.76. The van der Waals surface area contributed by atoms with Gasteiger partial charge in [-0.2, -0.15) is 0 Å². The van der Waals surface area contributed by atoms with Crippen molar-refractivity contribution < 1.29 is 14.3 Å². The summed E-state index contributed by atoms with van der Waals surface area (Å²) in [4.78, 5) is 19.9. The zero-order valence-corrected chi connectivity index (χ0v) is 17.9. The molecule has 0 saturated carbocycles. The highest BCUT2D eigenvalue weighted by Crippen LogP contribution is 2.33. The summed E-state index contributed by atoms with van der Waals surface area (Å²) >= 11 is 0. The molecule has 0 N–H and O–H groups in total. The van der Waals surface area contributed by atoms with Crippen molar-refractivity contribution in [1.82, 2.24) is 9.55 Å². The maximum absolute atomic E-state index is 13.3. The second-order valence-electron chi connectivity index (χ2n) is 7.05. The summed E-state index contributed by atoms with van der Waals surface area (Å²) < 4.78 is 12.8. The first-order valence-corrected chi connectivity index (χ1v) is 10.2. The van der Waals surface area contributed by atoms with Crippen molar-refractivity contribution in [3.63, 3.8) is 0 Å². The van der Waals surface area contributed by atoms with Crippen molar-refractivity contribution in [2.45, 2.75) is 13.5 Å². The number of hydrogen-bond donors (Lipinski definition) is 0. The van der Waals surface area contributed by atoms with Gasteiger partial charge in [0.1, 0.15) is 12.4 Å². The SMILES string of the molecule is CCN(C(=O)Cn1c(-c2ccc(OC)c(OC)c2)nc2ccccc21)c1ccccc1. The van der Waals surface area contributed by atoms with Gasteiger partial charge in [0.2, 0.25) is 5.91 Å². The van der Waals surface area contributed by atoms with Crippen LogP contribution in [0.5, 0.6) is 11.5 Å². The van der Waals surface area contributed by atoms with Crippen molar-refractivity contribution in [1.29, 1.82) is 0 Å². The van der Waals surface area contributed by atoms with Crippen molar-refractivity contribution in [2.75, 3.05) is 25.7 Å². The molecule has 31 heavy (non-hydrogen) atoms. The molecule has 6 heteroatoms. The highest BCUT2D eigenvalue weighted by atomic mass is 16.5.